The van der Waals surface area contributed by atoms with E-state index in [1.807, 2.05) is 6.92 Å². The number of ether oxygens (including phenoxy) is 1. The Labute approximate surface area is 66.4 Å². The maximum absolute atomic E-state index is 10.4. The van der Waals surface area contributed by atoms with Crippen LogP contribution in [0.2, 0.25) is 0 Å². The molecule has 0 bridgehead atoms. The first kappa shape index (κ1) is 8.53. The lowest BCUT2D eigenvalue weighted by Gasteiger charge is -2.32. The van der Waals surface area contributed by atoms with E-state index in [0.29, 0.717) is 24.9 Å². The van der Waals surface area contributed by atoms with Crippen molar-refractivity contribution in [3.63, 3.8) is 0 Å². The number of carbonyl (C=O) groups excluding carboxylic acids is 1. The Bertz CT molecular complexity index is 155. The molecule has 1 saturated heterocycles. The van der Waals surface area contributed by atoms with Crippen molar-refractivity contribution in [2.24, 2.45) is 11.8 Å². The van der Waals surface area contributed by atoms with E-state index in [2.05, 4.69) is 6.92 Å². The molecule has 1 heterocycles. The van der Waals surface area contributed by atoms with Crippen molar-refractivity contribution in [3.8, 4) is 0 Å². The number of carboxylic acids is 1. The summed E-state index contributed by atoms with van der Waals surface area (Å²) in [6, 6.07) is 0. The van der Waals surface area contributed by atoms with Gasteiger partial charge in [-0.25, -0.2) is 0 Å². The highest BCUT2D eigenvalue weighted by Crippen LogP contribution is 2.24. The van der Waals surface area contributed by atoms with Crippen LogP contribution >= 0.6 is 0 Å². The molecule has 0 amide bonds. The van der Waals surface area contributed by atoms with Crippen molar-refractivity contribution in [2.45, 2.75) is 26.4 Å². The van der Waals surface area contributed by atoms with Crippen LogP contribution in [0.15, 0.2) is 0 Å². The molecule has 1 fully saturated rings. The van der Waals surface area contributed by atoms with Gasteiger partial charge in [-0.1, -0.05) is 13.8 Å². The van der Waals surface area contributed by atoms with Crippen LogP contribution in [0.4, 0.5) is 0 Å². The average Bonchev–Trinajstić information content (AvgIpc) is 1.94. The number of carbonyl (C=O) groups is 1. The third-order valence-electron chi connectivity index (χ3n) is 2.38. The quantitative estimate of drug-likeness (QED) is 0.529. The molecule has 0 N–H and O–H groups in total. The van der Waals surface area contributed by atoms with E-state index in [1.165, 1.54) is 0 Å². The van der Waals surface area contributed by atoms with Crippen LogP contribution in [-0.2, 0) is 9.53 Å². The van der Waals surface area contributed by atoms with Crippen LogP contribution < -0.4 is 5.11 Å². The van der Waals surface area contributed by atoms with Gasteiger partial charge in [-0.2, -0.15) is 0 Å². The average molecular weight is 157 g/mol. The fraction of sp³-hybridized carbons (Fsp3) is 0.875. The van der Waals surface area contributed by atoms with Crippen LogP contribution in [0, 0.1) is 11.8 Å². The van der Waals surface area contributed by atoms with Crippen LogP contribution in [0.5, 0.6) is 0 Å². The highest BCUT2D eigenvalue weighted by Gasteiger charge is 2.25. The molecule has 64 valence electrons. The van der Waals surface area contributed by atoms with Gasteiger partial charge in [0.2, 0.25) is 0 Å². The minimum atomic E-state index is -1.08. The molecule has 0 aromatic carbocycles. The van der Waals surface area contributed by atoms with Crippen LogP contribution in [0.3, 0.4) is 0 Å². The van der Waals surface area contributed by atoms with E-state index in [9.17, 15) is 9.90 Å². The molecule has 1 aliphatic rings. The maximum Gasteiger partial charge on any atom is 0.0971 e. The summed E-state index contributed by atoms with van der Waals surface area (Å²) in [5.74, 6) is -0.194. The highest BCUT2D eigenvalue weighted by molar-refractivity contribution is 5.70. The summed E-state index contributed by atoms with van der Waals surface area (Å²) in [4.78, 5) is 10.4. The summed E-state index contributed by atoms with van der Waals surface area (Å²) in [7, 11) is 0. The molecule has 3 nitrogen and oxygen atoms in total. The summed E-state index contributed by atoms with van der Waals surface area (Å²) in [5, 5.41) is 10.4. The Morgan fingerprint density at radius 1 is 1.45 bits per heavy atom. The fourth-order valence-corrected chi connectivity index (χ4v) is 1.23. The lowest BCUT2D eigenvalue weighted by molar-refractivity contribution is -0.319. The van der Waals surface area contributed by atoms with Crippen molar-refractivity contribution >= 4 is 5.97 Å². The number of aliphatic carboxylic acids is 1. The summed E-state index contributed by atoms with van der Waals surface area (Å²) in [6.45, 7) is 4.65. The first-order chi connectivity index (χ1) is 5.11. The molecule has 3 unspecified atom stereocenters. The summed E-state index contributed by atoms with van der Waals surface area (Å²) < 4.78 is 5.06. The number of rotatable bonds is 1. The molecule has 1 rings (SSSR count). The van der Waals surface area contributed by atoms with Gasteiger partial charge in [-0.15, -0.1) is 0 Å². The van der Waals surface area contributed by atoms with E-state index in [1.54, 1.807) is 0 Å². The Balaban J connectivity index is 2.46. The predicted molar refractivity (Wildman–Crippen MR) is 37.7 cm³/mol. The smallest absolute Gasteiger partial charge is 0.0971 e. The zero-order chi connectivity index (χ0) is 8.43. The molecule has 0 aromatic rings. The molecule has 0 spiro atoms. The Morgan fingerprint density at radius 3 is 2.55 bits per heavy atom. The van der Waals surface area contributed by atoms with Gasteiger partial charge in [0, 0.05) is 0 Å². The lowest BCUT2D eigenvalue weighted by atomic mass is 9.89. The van der Waals surface area contributed by atoms with Crippen molar-refractivity contribution in [3.05, 3.63) is 0 Å². The van der Waals surface area contributed by atoms with E-state index in [4.69, 9.17) is 4.74 Å². The van der Waals surface area contributed by atoms with Gasteiger partial charge in [0.05, 0.1) is 18.7 Å². The van der Waals surface area contributed by atoms with Crippen LogP contribution in [0.25, 0.3) is 0 Å². The lowest BCUT2D eigenvalue weighted by Crippen LogP contribution is -2.43. The van der Waals surface area contributed by atoms with Gasteiger partial charge < -0.3 is 14.6 Å². The SMILES string of the molecule is CC1COC(C(=O)[O-])CC1C. The third-order valence-corrected chi connectivity index (χ3v) is 2.38. The van der Waals surface area contributed by atoms with E-state index in [0.717, 1.165) is 0 Å². The number of hydrogen-bond donors (Lipinski definition) is 0. The van der Waals surface area contributed by atoms with Crippen molar-refractivity contribution in [2.75, 3.05) is 6.61 Å². The Morgan fingerprint density at radius 2 is 2.09 bits per heavy atom. The molecule has 3 atom stereocenters. The topological polar surface area (TPSA) is 49.4 Å². The molecule has 0 aliphatic carbocycles. The zero-order valence-electron chi connectivity index (χ0n) is 6.87. The molecular formula is C8H13O3-. The van der Waals surface area contributed by atoms with E-state index in [-0.39, 0.29) is 0 Å². The summed E-state index contributed by atoms with van der Waals surface area (Å²) in [5.41, 5.74) is 0. The zero-order valence-corrected chi connectivity index (χ0v) is 6.87. The largest absolute Gasteiger partial charge is 0.547 e. The van der Waals surface area contributed by atoms with Gasteiger partial charge >= 0.3 is 0 Å². The molecule has 11 heavy (non-hydrogen) atoms. The number of carboxylic acid groups (broad SMARTS) is 1. The normalized spacial score (nSPS) is 38.5. The monoisotopic (exact) mass is 157 g/mol. The van der Waals surface area contributed by atoms with Gasteiger partial charge in [0.15, 0.2) is 0 Å². The molecule has 1 aliphatic heterocycles. The van der Waals surface area contributed by atoms with Gasteiger partial charge in [0.25, 0.3) is 0 Å². The minimum Gasteiger partial charge on any atom is -0.547 e. The second-order valence-electron chi connectivity index (χ2n) is 3.33. The van der Waals surface area contributed by atoms with E-state index < -0.39 is 12.1 Å². The third kappa shape index (κ3) is 1.93. The van der Waals surface area contributed by atoms with E-state index >= 15 is 0 Å². The predicted octanol–water partition coefficient (Wildman–Crippen LogP) is -0.203. The van der Waals surface area contributed by atoms with Gasteiger partial charge in [-0.3, -0.25) is 0 Å². The highest BCUT2D eigenvalue weighted by atomic mass is 16.5. The van der Waals surface area contributed by atoms with Gasteiger partial charge in [0.1, 0.15) is 0 Å². The second-order valence-corrected chi connectivity index (χ2v) is 3.33. The van der Waals surface area contributed by atoms with Crippen LogP contribution in [0.1, 0.15) is 20.3 Å². The molecule has 3 heteroatoms. The fourth-order valence-electron chi connectivity index (χ4n) is 1.23. The molecule has 0 saturated carbocycles. The van der Waals surface area contributed by atoms with Crippen molar-refractivity contribution in [1.29, 1.82) is 0 Å². The summed E-state index contributed by atoms with van der Waals surface area (Å²) in [6.07, 6.45) is -0.0926. The Kier molecular flexibility index (Phi) is 2.49. The first-order valence-corrected chi connectivity index (χ1v) is 3.93. The molecule has 0 radical (unpaired) electrons. The summed E-state index contributed by atoms with van der Waals surface area (Å²) >= 11 is 0. The Hall–Kier alpha value is -0.570. The van der Waals surface area contributed by atoms with Crippen LogP contribution in [-0.4, -0.2) is 18.7 Å². The van der Waals surface area contributed by atoms with Gasteiger partial charge in [-0.05, 0) is 18.3 Å². The van der Waals surface area contributed by atoms with Crippen molar-refractivity contribution in [1.82, 2.24) is 0 Å². The number of hydrogen-bond acceptors (Lipinski definition) is 3. The molecular weight excluding hydrogens is 144 g/mol. The first-order valence-electron chi connectivity index (χ1n) is 3.93. The molecule has 0 aromatic heterocycles. The van der Waals surface area contributed by atoms with Crippen molar-refractivity contribution < 1.29 is 14.6 Å². The minimum absolute atomic E-state index is 0.423. The second kappa shape index (κ2) is 3.22. The maximum atomic E-state index is 10.4. The standard InChI is InChI=1S/C8H14O3/c1-5-3-7(8(9)10)11-4-6(5)2/h5-7H,3-4H2,1-2H3,(H,9,10)/p-1.